The Labute approximate surface area is 168 Å². The monoisotopic (exact) mass is 400 g/mol. The van der Waals surface area contributed by atoms with E-state index in [-0.39, 0.29) is 5.91 Å². The first-order valence-corrected chi connectivity index (χ1v) is 10.2. The molecule has 0 aliphatic carbocycles. The average molecular weight is 401 g/mol. The molecule has 1 saturated heterocycles. The molecule has 148 valence electrons. The van der Waals surface area contributed by atoms with Gasteiger partial charge in [-0.25, -0.2) is 0 Å². The lowest BCUT2D eigenvalue weighted by molar-refractivity contribution is 0.0945. The van der Waals surface area contributed by atoms with Gasteiger partial charge in [0.25, 0.3) is 11.8 Å². The number of carbonyl (C=O) groups is 2. The summed E-state index contributed by atoms with van der Waals surface area (Å²) in [7, 11) is 1.76. The van der Waals surface area contributed by atoms with Crippen LogP contribution in [0, 0.1) is 5.41 Å². The van der Waals surface area contributed by atoms with E-state index in [0.29, 0.717) is 41.3 Å². The summed E-state index contributed by atoms with van der Waals surface area (Å²) < 4.78 is 1.69. The van der Waals surface area contributed by atoms with Crippen molar-refractivity contribution in [1.29, 1.82) is 5.41 Å². The summed E-state index contributed by atoms with van der Waals surface area (Å²) in [6, 6.07) is 4.95. The van der Waals surface area contributed by atoms with E-state index in [0.717, 1.165) is 24.6 Å². The zero-order valence-corrected chi connectivity index (χ0v) is 16.6. The molecule has 4 N–H and O–H groups in total. The molecule has 28 heavy (non-hydrogen) atoms. The van der Waals surface area contributed by atoms with Crippen LogP contribution in [0.15, 0.2) is 30.6 Å². The quantitative estimate of drug-likeness (QED) is 0.500. The maximum atomic E-state index is 12.6. The Morgan fingerprint density at radius 1 is 1.36 bits per heavy atom. The van der Waals surface area contributed by atoms with Crippen LogP contribution in [0.4, 0.5) is 0 Å². The lowest BCUT2D eigenvalue weighted by atomic mass is 10.1. The number of hydrogen-bond donors (Lipinski definition) is 3. The average Bonchev–Trinajstić information content (AvgIpc) is 3.10. The predicted octanol–water partition coefficient (Wildman–Crippen LogP) is 1.33. The molecule has 0 aromatic carbocycles. The van der Waals surface area contributed by atoms with Crippen molar-refractivity contribution in [2.24, 2.45) is 12.8 Å². The number of amides is 2. The van der Waals surface area contributed by atoms with Crippen LogP contribution >= 0.6 is 11.8 Å². The summed E-state index contributed by atoms with van der Waals surface area (Å²) in [4.78, 5) is 30.5. The Hall–Kier alpha value is -2.81. The van der Waals surface area contributed by atoms with Crippen LogP contribution in [0.1, 0.15) is 27.3 Å². The van der Waals surface area contributed by atoms with E-state index in [1.165, 1.54) is 0 Å². The molecule has 1 aliphatic heterocycles. The molecule has 0 bridgehead atoms. The number of thioether (sulfide) groups is 1. The lowest BCUT2D eigenvalue weighted by Crippen LogP contribution is -2.39. The molecule has 1 fully saturated rings. The van der Waals surface area contributed by atoms with Gasteiger partial charge in [0, 0.05) is 62.6 Å². The molecule has 8 nitrogen and oxygen atoms in total. The van der Waals surface area contributed by atoms with Gasteiger partial charge in [0.05, 0.1) is 17.1 Å². The minimum absolute atomic E-state index is 0.229. The van der Waals surface area contributed by atoms with Gasteiger partial charge in [-0.1, -0.05) is 0 Å². The first-order chi connectivity index (χ1) is 13.5. The van der Waals surface area contributed by atoms with Crippen molar-refractivity contribution in [3.63, 3.8) is 0 Å². The van der Waals surface area contributed by atoms with Crippen molar-refractivity contribution >= 4 is 29.4 Å². The zero-order chi connectivity index (χ0) is 20.1. The van der Waals surface area contributed by atoms with E-state index in [2.05, 4.69) is 15.2 Å². The standard InChI is InChI=1S/C19H24N6O2S/c1-24-12-13(17-14(18(21)26)3-2-5-22-17)11-15(24)19(27)23-6-4-16(20)25-7-9-28-10-8-25/h2-3,5,11-12,20H,4,6-10H2,1H3,(H2,21,26)(H,23,27). The van der Waals surface area contributed by atoms with Crippen LogP contribution in [0.5, 0.6) is 0 Å². The van der Waals surface area contributed by atoms with Gasteiger partial charge in [0.15, 0.2) is 0 Å². The van der Waals surface area contributed by atoms with Gasteiger partial charge in [-0.3, -0.25) is 20.0 Å². The first kappa shape index (κ1) is 19.9. The fourth-order valence-electron chi connectivity index (χ4n) is 3.13. The van der Waals surface area contributed by atoms with Gasteiger partial charge in [-0.15, -0.1) is 0 Å². The maximum Gasteiger partial charge on any atom is 0.267 e. The van der Waals surface area contributed by atoms with Crippen molar-refractivity contribution < 1.29 is 9.59 Å². The third kappa shape index (κ3) is 4.53. The Balaban J connectivity index is 1.64. The smallest absolute Gasteiger partial charge is 0.267 e. The predicted molar refractivity (Wildman–Crippen MR) is 111 cm³/mol. The molecule has 3 heterocycles. The highest BCUT2D eigenvalue weighted by atomic mass is 32.2. The number of aryl methyl sites for hydroxylation is 1. The number of primary amides is 1. The highest BCUT2D eigenvalue weighted by Crippen LogP contribution is 2.23. The summed E-state index contributed by atoms with van der Waals surface area (Å²) in [5.74, 6) is 1.86. The second kappa shape index (κ2) is 8.92. The second-order valence-electron chi connectivity index (χ2n) is 6.54. The van der Waals surface area contributed by atoms with Crippen LogP contribution in [0.2, 0.25) is 0 Å². The summed E-state index contributed by atoms with van der Waals surface area (Å²) in [6.07, 6.45) is 3.83. The van der Waals surface area contributed by atoms with Crippen molar-refractivity contribution in [1.82, 2.24) is 19.8 Å². The minimum Gasteiger partial charge on any atom is -0.366 e. The molecule has 0 spiro atoms. The van der Waals surface area contributed by atoms with Crippen LogP contribution in [0.3, 0.4) is 0 Å². The molecule has 1 aliphatic rings. The van der Waals surface area contributed by atoms with Gasteiger partial charge in [-0.05, 0) is 18.2 Å². The summed E-state index contributed by atoms with van der Waals surface area (Å²) in [5.41, 5.74) is 7.30. The molecule has 0 saturated carbocycles. The van der Waals surface area contributed by atoms with Gasteiger partial charge >= 0.3 is 0 Å². The van der Waals surface area contributed by atoms with E-state index < -0.39 is 5.91 Å². The number of nitrogens with one attached hydrogen (secondary N) is 2. The molecule has 2 aromatic heterocycles. The molecule has 2 amide bonds. The Bertz CT molecular complexity index is 888. The van der Waals surface area contributed by atoms with E-state index in [1.54, 1.807) is 42.2 Å². The van der Waals surface area contributed by atoms with E-state index in [4.69, 9.17) is 11.1 Å². The Morgan fingerprint density at radius 3 is 2.82 bits per heavy atom. The van der Waals surface area contributed by atoms with Crippen LogP contribution < -0.4 is 11.1 Å². The van der Waals surface area contributed by atoms with Crippen molar-refractivity contribution in [3.05, 3.63) is 41.9 Å². The van der Waals surface area contributed by atoms with Crippen LogP contribution in [-0.4, -0.2) is 63.2 Å². The SMILES string of the molecule is Cn1cc(-c2ncccc2C(N)=O)cc1C(=O)NCCC(=N)N1CCSCC1. The molecule has 2 aromatic rings. The topological polar surface area (TPSA) is 117 Å². The van der Waals surface area contributed by atoms with Crippen molar-refractivity contribution in [3.8, 4) is 11.3 Å². The van der Waals surface area contributed by atoms with Gasteiger partial charge in [0.1, 0.15) is 5.69 Å². The number of carbonyl (C=O) groups excluding carboxylic acids is 2. The van der Waals surface area contributed by atoms with Crippen molar-refractivity contribution in [2.75, 3.05) is 31.1 Å². The molecule has 0 atom stereocenters. The first-order valence-electron chi connectivity index (χ1n) is 9.07. The number of aromatic nitrogens is 2. The number of hydrogen-bond acceptors (Lipinski definition) is 5. The minimum atomic E-state index is -0.562. The molecule has 9 heteroatoms. The highest BCUT2D eigenvalue weighted by molar-refractivity contribution is 7.99. The fraction of sp³-hybridized carbons (Fsp3) is 0.368. The summed E-state index contributed by atoms with van der Waals surface area (Å²) in [6.45, 7) is 2.19. The summed E-state index contributed by atoms with van der Waals surface area (Å²) in [5, 5.41) is 11.0. The molecule has 0 unspecified atom stereocenters. The van der Waals surface area contributed by atoms with E-state index >= 15 is 0 Å². The number of nitrogens with two attached hydrogens (primary N) is 1. The third-order valence-corrected chi connectivity index (χ3v) is 5.57. The summed E-state index contributed by atoms with van der Waals surface area (Å²) >= 11 is 1.90. The number of nitrogens with zero attached hydrogens (tertiary/aromatic N) is 3. The van der Waals surface area contributed by atoms with Gasteiger partial charge in [0.2, 0.25) is 0 Å². The second-order valence-corrected chi connectivity index (χ2v) is 7.77. The molecular formula is C19H24N6O2S. The van der Waals surface area contributed by atoms with Crippen LogP contribution in [-0.2, 0) is 7.05 Å². The Morgan fingerprint density at radius 2 is 2.11 bits per heavy atom. The number of pyridine rings is 1. The third-order valence-electron chi connectivity index (χ3n) is 4.62. The van der Waals surface area contributed by atoms with Gasteiger partial charge < -0.3 is 20.5 Å². The number of amidine groups is 1. The maximum absolute atomic E-state index is 12.6. The molecular weight excluding hydrogens is 376 g/mol. The lowest BCUT2D eigenvalue weighted by Gasteiger charge is -2.28. The largest absolute Gasteiger partial charge is 0.366 e. The van der Waals surface area contributed by atoms with Crippen molar-refractivity contribution in [2.45, 2.75) is 6.42 Å². The van der Waals surface area contributed by atoms with E-state index in [1.807, 2.05) is 11.8 Å². The number of rotatable bonds is 6. The van der Waals surface area contributed by atoms with Gasteiger partial charge in [-0.2, -0.15) is 11.8 Å². The Kier molecular flexibility index (Phi) is 6.35. The zero-order valence-electron chi connectivity index (χ0n) is 15.8. The van der Waals surface area contributed by atoms with E-state index in [9.17, 15) is 9.59 Å². The normalized spacial score (nSPS) is 14.0. The van der Waals surface area contributed by atoms with Crippen LogP contribution in [0.25, 0.3) is 11.3 Å². The highest BCUT2D eigenvalue weighted by Gasteiger charge is 2.18. The molecule has 3 rings (SSSR count). The molecule has 0 radical (unpaired) electrons. The fourth-order valence-corrected chi connectivity index (χ4v) is 4.03.